The normalized spacial score (nSPS) is 12.7. The van der Waals surface area contributed by atoms with Crippen molar-refractivity contribution in [2.75, 3.05) is 0 Å². The first-order chi connectivity index (χ1) is 8.65. The van der Waals surface area contributed by atoms with Gasteiger partial charge in [-0.3, -0.25) is 4.68 Å². The van der Waals surface area contributed by atoms with Crippen molar-refractivity contribution in [1.29, 1.82) is 0 Å². The number of benzene rings is 1. The first kappa shape index (κ1) is 13.2. The largest absolute Gasteiger partial charge is 0.268 e. The molecule has 18 heavy (non-hydrogen) atoms. The van der Waals surface area contributed by atoms with Gasteiger partial charge in [0.05, 0.1) is 11.4 Å². The molecule has 2 aromatic rings. The summed E-state index contributed by atoms with van der Waals surface area (Å²) in [7, 11) is 1.98. The van der Waals surface area contributed by atoms with Gasteiger partial charge in [-0.05, 0) is 29.5 Å². The summed E-state index contributed by atoms with van der Waals surface area (Å²) in [5.41, 5.74) is 4.78. The molecule has 1 heterocycles. The van der Waals surface area contributed by atoms with Crippen LogP contribution >= 0.6 is 12.6 Å². The van der Waals surface area contributed by atoms with Crippen molar-refractivity contribution in [3.8, 4) is 11.3 Å². The van der Waals surface area contributed by atoms with Gasteiger partial charge in [-0.2, -0.15) is 17.7 Å². The first-order valence-electron chi connectivity index (χ1n) is 6.39. The lowest BCUT2D eigenvalue weighted by molar-refractivity contribution is 0.733. The predicted molar refractivity (Wildman–Crippen MR) is 80.0 cm³/mol. The molecule has 0 saturated carbocycles. The zero-order valence-corrected chi connectivity index (χ0v) is 12.1. The van der Waals surface area contributed by atoms with Gasteiger partial charge in [0.25, 0.3) is 0 Å². The van der Waals surface area contributed by atoms with Gasteiger partial charge in [0.2, 0.25) is 0 Å². The van der Waals surface area contributed by atoms with Crippen molar-refractivity contribution in [1.82, 2.24) is 9.78 Å². The molecule has 0 aliphatic carbocycles. The smallest absolute Gasteiger partial charge is 0.0727 e. The summed E-state index contributed by atoms with van der Waals surface area (Å²) in [6.07, 6.45) is 1.18. The Morgan fingerprint density at radius 2 is 1.94 bits per heavy atom. The van der Waals surface area contributed by atoms with Gasteiger partial charge in [-0.1, -0.05) is 38.1 Å². The quantitative estimate of drug-likeness (QED) is 0.822. The highest BCUT2D eigenvalue weighted by Crippen LogP contribution is 2.24. The summed E-state index contributed by atoms with van der Waals surface area (Å²) in [4.78, 5) is 0. The monoisotopic (exact) mass is 260 g/mol. The third-order valence-corrected chi connectivity index (χ3v) is 3.80. The number of aryl methyl sites for hydroxylation is 1. The van der Waals surface area contributed by atoms with E-state index >= 15 is 0 Å². The van der Waals surface area contributed by atoms with E-state index in [1.54, 1.807) is 0 Å². The summed E-state index contributed by atoms with van der Waals surface area (Å²) in [5, 5.41) is 4.42. The Hall–Kier alpha value is -1.22. The van der Waals surface area contributed by atoms with Crippen LogP contribution in [0.15, 0.2) is 30.3 Å². The third-order valence-electron chi connectivity index (χ3n) is 3.48. The minimum Gasteiger partial charge on any atom is -0.268 e. The molecular formula is C15H20N2S. The van der Waals surface area contributed by atoms with Gasteiger partial charge in [-0.15, -0.1) is 0 Å². The molecule has 0 amide bonds. The molecule has 0 N–H and O–H groups in total. The molecule has 96 valence electrons. The van der Waals surface area contributed by atoms with Crippen molar-refractivity contribution in [3.63, 3.8) is 0 Å². The number of hydrogen-bond acceptors (Lipinski definition) is 2. The molecule has 0 aliphatic rings. The van der Waals surface area contributed by atoms with Crippen molar-refractivity contribution in [2.45, 2.75) is 31.9 Å². The molecule has 2 rings (SSSR count). The fourth-order valence-electron chi connectivity index (χ4n) is 2.09. The minimum absolute atomic E-state index is 0.624. The van der Waals surface area contributed by atoms with Crippen LogP contribution in [0, 0.1) is 0 Å². The van der Waals surface area contributed by atoms with Gasteiger partial charge in [0.1, 0.15) is 0 Å². The SMILES string of the molecule is CCC(C)c1ccc(-c2cc(CS)nn2C)cc1. The lowest BCUT2D eigenvalue weighted by atomic mass is 9.97. The number of nitrogens with zero attached hydrogens (tertiary/aromatic N) is 2. The van der Waals surface area contributed by atoms with E-state index in [4.69, 9.17) is 0 Å². The van der Waals surface area contributed by atoms with Gasteiger partial charge in [0.15, 0.2) is 0 Å². The van der Waals surface area contributed by atoms with E-state index in [-0.39, 0.29) is 0 Å². The Morgan fingerprint density at radius 3 is 2.44 bits per heavy atom. The molecule has 1 aromatic heterocycles. The van der Waals surface area contributed by atoms with Gasteiger partial charge in [0, 0.05) is 12.8 Å². The fourth-order valence-corrected chi connectivity index (χ4v) is 2.25. The summed E-state index contributed by atoms with van der Waals surface area (Å²) >= 11 is 4.26. The number of aromatic nitrogens is 2. The predicted octanol–water partition coefficient (Wildman–Crippen LogP) is 4.03. The molecule has 0 radical (unpaired) electrons. The fraction of sp³-hybridized carbons (Fsp3) is 0.400. The summed E-state index contributed by atoms with van der Waals surface area (Å²) in [5.74, 6) is 1.30. The van der Waals surface area contributed by atoms with Gasteiger partial charge in [-0.25, -0.2) is 0 Å². The maximum Gasteiger partial charge on any atom is 0.0727 e. The van der Waals surface area contributed by atoms with E-state index in [0.29, 0.717) is 11.7 Å². The van der Waals surface area contributed by atoms with Crippen LogP contribution in [0.2, 0.25) is 0 Å². The highest BCUT2D eigenvalue weighted by Gasteiger charge is 2.08. The number of hydrogen-bond donors (Lipinski definition) is 1. The second-order valence-corrected chi connectivity index (χ2v) is 5.05. The molecule has 0 saturated heterocycles. The van der Waals surface area contributed by atoms with Crippen LogP contribution in [0.5, 0.6) is 0 Å². The minimum atomic E-state index is 0.624. The molecule has 1 atom stereocenters. The van der Waals surface area contributed by atoms with Crippen LogP contribution in [0.25, 0.3) is 11.3 Å². The maximum absolute atomic E-state index is 4.42. The Bertz CT molecular complexity index is 514. The summed E-state index contributed by atoms with van der Waals surface area (Å²) in [6, 6.07) is 10.9. The first-order valence-corrected chi connectivity index (χ1v) is 7.03. The lowest BCUT2D eigenvalue weighted by Gasteiger charge is -2.09. The zero-order valence-electron chi connectivity index (χ0n) is 11.2. The molecule has 2 nitrogen and oxygen atoms in total. The van der Waals surface area contributed by atoms with E-state index in [1.165, 1.54) is 17.5 Å². The van der Waals surface area contributed by atoms with Gasteiger partial charge < -0.3 is 0 Å². The van der Waals surface area contributed by atoms with Crippen molar-refractivity contribution >= 4 is 12.6 Å². The standard InChI is InChI=1S/C15H20N2S/c1-4-11(2)12-5-7-13(8-6-12)15-9-14(10-18)16-17(15)3/h5-9,11,18H,4,10H2,1-3H3. The molecule has 0 aliphatic heterocycles. The van der Waals surface area contributed by atoms with Crippen LogP contribution in [0.4, 0.5) is 0 Å². The van der Waals surface area contributed by atoms with E-state index in [0.717, 1.165) is 11.4 Å². The highest BCUT2D eigenvalue weighted by atomic mass is 32.1. The Labute approximate surface area is 114 Å². The average molecular weight is 260 g/mol. The highest BCUT2D eigenvalue weighted by molar-refractivity contribution is 7.79. The van der Waals surface area contributed by atoms with Crippen LogP contribution in [-0.2, 0) is 12.8 Å². The molecular weight excluding hydrogens is 240 g/mol. The zero-order chi connectivity index (χ0) is 13.1. The Kier molecular flexibility index (Phi) is 4.12. The molecule has 1 unspecified atom stereocenters. The van der Waals surface area contributed by atoms with Crippen LogP contribution in [0.1, 0.15) is 37.4 Å². The summed E-state index contributed by atoms with van der Waals surface area (Å²) < 4.78 is 1.92. The van der Waals surface area contributed by atoms with E-state index in [1.807, 2.05) is 11.7 Å². The summed E-state index contributed by atoms with van der Waals surface area (Å²) in [6.45, 7) is 4.48. The van der Waals surface area contributed by atoms with Crippen LogP contribution in [-0.4, -0.2) is 9.78 Å². The third kappa shape index (κ3) is 2.61. The van der Waals surface area contributed by atoms with Crippen molar-refractivity contribution in [3.05, 3.63) is 41.6 Å². The van der Waals surface area contributed by atoms with Crippen molar-refractivity contribution < 1.29 is 0 Å². The molecule has 0 bridgehead atoms. The second kappa shape index (κ2) is 5.61. The van der Waals surface area contributed by atoms with Crippen LogP contribution < -0.4 is 0 Å². The van der Waals surface area contributed by atoms with Crippen molar-refractivity contribution in [2.24, 2.45) is 7.05 Å². The van der Waals surface area contributed by atoms with Crippen LogP contribution in [0.3, 0.4) is 0 Å². The molecule has 0 spiro atoms. The molecule has 1 aromatic carbocycles. The number of thiol groups is 1. The molecule has 3 heteroatoms. The lowest BCUT2D eigenvalue weighted by Crippen LogP contribution is -1.95. The number of rotatable bonds is 4. The van der Waals surface area contributed by atoms with E-state index in [2.05, 4.69) is 61.9 Å². The topological polar surface area (TPSA) is 17.8 Å². The Balaban J connectivity index is 2.31. The molecule has 0 fully saturated rings. The van der Waals surface area contributed by atoms with E-state index in [9.17, 15) is 0 Å². The maximum atomic E-state index is 4.42. The van der Waals surface area contributed by atoms with E-state index < -0.39 is 0 Å². The Morgan fingerprint density at radius 1 is 1.28 bits per heavy atom. The van der Waals surface area contributed by atoms with Gasteiger partial charge >= 0.3 is 0 Å². The second-order valence-electron chi connectivity index (χ2n) is 4.73. The average Bonchev–Trinajstić information content (AvgIpc) is 2.79.